The second-order valence-corrected chi connectivity index (χ2v) is 7.75. The third kappa shape index (κ3) is 19.7. The van der Waals surface area contributed by atoms with Crippen LogP contribution >= 0.6 is 0 Å². The number of ether oxygens (including phenoxy) is 2. The van der Waals surface area contributed by atoms with Gasteiger partial charge in [-0.05, 0) is 57.8 Å². The van der Waals surface area contributed by atoms with Gasteiger partial charge in [-0.2, -0.15) is 0 Å². The minimum absolute atomic E-state index is 0.142. The van der Waals surface area contributed by atoms with Crippen LogP contribution in [0.15, 0.2) is 24.3 Å². The molecule has 0 aliphatic carbocycles. The van der Waals surface area contributed by atoms with Gasteiger partial charge in [0.25, 0.3) is 0 Å². The lowest BCUT2D eigenvalue weighted by atomic mass is 10.1. The largest absolute Gasteiger partial charge is 0.466 e. The highest BCUT2D eigenvalue weighted by molar-refractivity contribution is 5.77. The molecule has 5 heteroatoms. The number of carbonyl (C=O) groups is 2. The summed E-state index contributed by atoms with van der Waals surface area (Å²) in [6.45, 7) is 5.16. The third-order valence-electron chi connectivity index (χ3n) is 4.78. The maximum absolute atomic E-state index is 11.9. The van der Waals surface area contributed by atoms with Crippen LogP contribution in [0.4, 0.5) is 0 Å². The van der Waals surface area contributed by atoms with E-state index in [-0.39, 0.29) is 18.8 Å². The summed E-state index contributed by atoms with van der Waals surface area (Å²) in [7, 11) is 0. The average Bonchev–Trinajstić information content (AvgIpc) is 2.75. The SMILES string of the molecule is CCCCC/C=C\CCCOC(=O)CCC(N)C(=O)OCCC/C=C\CCCCC. The molecule has 0 amide bonds. The number of hydrogen-bond acceptors (Lipinski definition) is 5. The lowest BCUT2D eigenvalue weighted by molar-refractivity contribution is -0.146. The number of unbranched alkanes of at least 4 members (excludes halogenated alkanes) is 8. The van der Waals surface area contributed by atoms with Crippen LogP contribution in [-0.2, 0) is 19.1 Å². The highest BCUT2D eigenvalue weighted by atomic mass is 16.5. The first kappa shape index (κ1) is 28.4. The summed E-state index contributed by atoms with van der Waals surface area (Å²) < 4.78 is 10.4. The highest BCUT2D eigenvalue weighted by Crippen LogP contribution is 2.04. The minimum Gasteiger partial charge on any atom is -0.466 e. The molecule has 30 heavy (non-hydrogen) atoms. The molecule has 174 valence electrons. The van der Waals surface area contributed by atoms with Crippen LogP contribution in [0.5, 0.6) is 0 Å². The zero-order valence-corrected chi connectivity index (χ0v) is 19.4. The van der Waals surface area contributed by atoms with Gasteiger partial charge in [-0.15, -0.1) is 0 Å². The Balaban J connectivity index is 3.61. The first-order valence-corrected chi connectivity index (χ1v) is 12.0. The zero-order chi connectivity index (χ0) is 22.3. The Bertz CT molecular complexity index is 474. The summed E-state index contributed by atoms with van der Waals surface area (Å²) in [5, 5.41) is 0. The van der Waals surface area contributed by atoms with Gasteiger partial charge in [-0.25, -0.2) is 0 Å². The topological polar surface area (TPSA) is 78.6 Å². The van der Waals surface area contributed by atoms with E-state index in [4.69, 9.17) is 15.2 Å². The monoisotopic (exact) mass is 423 g/mol. The van der Waals surface area contributed by atoms with Gasteiger partial charge in [0.1, 0.15) is 6.04 Å². The average molecular weight is 424 g/mol. The van der Waals surface area contributed by atoms with E-state index in [9.17, 15) is 9.59 Å². The van der Waals surface area contributed by atoms with E-state index in [1.165, 1.54) is 38.5 Å². The van der Waals surface area contributed by atoms with Crippen molar-refractivity contribution in [1.82, 2.24) is 0 Å². The van der Waals surface area contributed by atoms with Crippen molar-refractivity contribution in [2.75, 3.05) is 13.2 Å². The summed E-state index contributed by atoms with van der Waals surface area (Å²) in [4.78, 5) is 23.6. The van der Waals surface area contributed by atoms with Crippen molar-refractivity contribution in [3.63, 3.8) is 0 Å². The summed E-state index contributed by atoms with van der Waals surface area (Å²) in [5.41, 5.74) is 5.81. The van der Waals surface area contributed by atoms with Crippen LogP contribution < -0.4 is 5.73 Å². The normalized spacial score (nSPS) is 12.5. The molecule has 2 N–H and O–H groups in total. The van der Waals surface area contributed by atoms with Crippen molar-refractivity contribution in [3.8, 4) is 0 Å². The number of allylic oxidation sites excluding steroid dienone is 4. The Morgan fingerprint density at radius 1 is 0.733 bits per heavy atom. The van der Waals surface area contributed by atoms with Crippen molar-refractivity contribution in [2.24, 2.45) is 5.73 Å². The van der Waals surface area contributed by atoms with Crippen LogP contribution in [0.3, 0.4) is 0 Å². The van der Waals surface area contributed by atoms with Crippen molar-refractivity contribution < 1.29 is 19.1 Å². The third-order valence-corrected chi connectivity index (χ3v) is 4.78. The van der Waals surface area contributed by atoms with Crippen LogP contribution in [0.1, 0.15) is 104 Å². The van der Waals surface area contributed by atoms with E-state index in [2.05, 4.69) is 38.2 Å². The fraction of sp³-hybridized carbons (Fsp3) is 0.760. The van der Waals surface area contributed by atoms with Gasteiger partial charge in [0.05, 0.1) is 13.2 Å². The van der Waals surface area contributed by atoms with Gasteiger partial charge in [0.15, 0.2) is 0 Å². The van der Waals surface area contributed by atoms with Gasteiger partial charge in [0, 0.05) is 6.42 Å². The van der Waals surface area contributed by atoms with E-state index in [0.29, 0.717) is 13.2 Å². The van der Waals surface area contributed by atoms with Gasteiger partial charge < -0.3 is 15.2 Å². The summed E-state index contributed by atoms with van der Waals surface area (Å²) >= 11 is 0. The molecule has 0 saturated heterocycles. The second kappa shape index (κ2) is 22.1. The molecular formula is C25H45NO4. The number of rotatable bonds is 20. The standard InChI is InChI=1S/C25H45NO4/c1-3-5-7-9-11-13-15-17-21-29-24(27)20-19-23(26)25(28)30-22-18-16-14-12-10-8-6-4-2/h11-14,23H,3-10,15-22,26H2,1-2H3/b13-11-,14-12-. The van der Waals surface area contributed by atoms with E-state index in [1.54, 1.807) is 0 Å². The van der Waals surface area contributed by atoms with Crippen molar-refractivity contribution >= 4 is 11.9 Å². The van der Waals surface area contributed by atoms with E-state index >= 15 is 0 Å². The molecule has 0 aromatic heterocycles. The molecule has 0 aromatic carbocycles. The van der Waals surface area contributed by atoms with Crippen molar-refractivity contribution in [3.05, 3.63) is 24.3 Å². The molecular weight excluding hydrogens is 378 g/mol. The van der Waals surface area contributed by atoms with E-state index in [0.717, 1.165) is 38.5 Å². The number of hydrogen-bond donors (Lipinski definition) is 1. The second-order valence-electron chi connectivity index (χ2n) is 7.75. The van der Waals surface area contributed by atoms with Gasteiger partial charge in [-0.1, -0.05) is 63.8 Å². The molecule has 1 atom stereocenters. The van der Waals surface area contributed by atoms with Crippen LogP contribution in [0.25, 0.3) is 0 Å². The Kier molecular flexibility index (Phi) is 20.9. The highest BCUT2D eigenvalue weighted by Gasteiger charge is 2.16. The molecule has 0 radical (unpaired) electrons. The lowest BCUT2D eigenvalue weighted by Gasteiger charge is -2.11. The molecule has 0 aliphatic heterocycles. The molecule has 0 spiro atoms. The fourth-order valence-corrected chi connectivity index (χ4v) is 2.83. The molecule has 0 bridgehead atoms. The molecule has 0 aromatic rings. The number of nitrogens with two attached hydrogens (primary N) is 1. The van der Waals surface area contributed by atoms with Crippen LogP contribution in [-0.4, -0.2) is 31.2 Å². The number of carbonyl (C=O) groups excluding carboxylic acids is 2. The van der Waals surface area contributed by atoms with E-state index in [1.807, 2.05) is 0 Å². The quantitative estimate of drug-likeness (QED) is 0.147. The van der Waals surface area contributed by atoms with E-state index < -0.39 is 12.0 Å². The number of esters is 2. The molecule has 5 nitrogen and oxygen atoms in total. The van der Waals surface area contributed by atoms with Gasteiger partial charge >= 0.3 is 11.9 Å². The van der Waals surface area contributed by atoms with Gasteiger partial charge in [-0.3, -0.25) is 9.59 Å². The van der Waals surface area contributed by atoms with Crippen molar-refractivity contribution in [1.29, 1.82) is 0 Å². The zero-order valence-electron chi connectivity index (χ0n) is 19.4. The summed E-state index contributed by atoms with van der Waals surface area (Å²) in [6.07, 6.45) is 22.2. The maximum atomic E-state index is 11.9. The molecule has 0 aliphatic rings. The molecule has 0 saturated carbocycles. The van der Waals surface area contributed by atoms with Crippen LogP contribution in [0, 0.1) is 0 Å². The molecule has 0 fully saturated rings. The summed E-state index contributed by atoms with van der Waals surface area (Å²) in [5.74, 6) is -0.749. The predicted octanol–water partition coefficient (Wildman–Crippen LogP) is 6.01. The first-order valence-electron chi connectivity index (χ1n) is 12.0. The fourth-order valence-electron chi connectivity index (χ4n) is 2.83. The Morgan fingerprint density at radius 2 is 1.20 bits per heavy atom. The lowest BCUT2D eigenvalue weighted by Crippen LogP contribution is -2.33. The maximum Gasteiger partial charge on any atom is 0.322 e. The molecule has 0 heterocycles. The predicted molar refractivity (Wildman–Crippen MR) is 124 cm³/mol. The summed E-state index contributed by atoms with van der Waals surface area (Å²) in [6, 6.07) is -0.770. The first-order chi connectivity index (χ1) is 14.6. The Hall–Kier alpha value is -1.62. The Labute approximate surface area is 184 Å². The minimum atomic E-state index is -0.770. The Morgan fingerprint density at radius 3 is 1.70 bits per heavy atom. The van der Waals surface area contributed by atoms with Crippen LogP contribution in [0.2, 0.25) is 0 Å². The smallest absolute Gasteiger partial charge is 0.322 e. The molecule has 0 rings (SSSR count). The van der Waals surface area contributed by atoms with Crippen molar-refractivity contribution in [2.45, 2.75) is 110 Å². The van der Waals surface area contributed by atoms with Gasteiger partial charge in [0.2, 0.25) is 0 Å². The molecule has 1 unspecified atom stereocenters.